The maximum absolute atomic E-state index is 11.5. The molecule has 0 aromatic carbocycles. The van der Waals surface area contributed by atoms with E-state index < -0.39 is 0 Å². The summed E-state index contributed by atoms with van der Waals surface area (Å²) in [5.41, 5.74) is 6.22. The van der Waals surface area contributed by atoms with E-state index in [9.17, 15) is 4.79 Å². The summed E-state index contributed by atoms with van der Waals surface area (Å²) in [7, 11) is 0. The standard InChI is InChI=1S/C12H21N3O2.ClH/c1-10-8-11(17-15-10)9-14-12(16)6-4-2-3-5-7-13;/h8H,2-7,9,13H2,1H3,(H,14,16);1H. The first-order valence-corrected chi connectivity index (χ1v) is 6.11. The minimum Gasteiger partial charge on any atom is -0.359 e. The first-order valence-electron chi connectivity index (χ1n) is 6.11. The molecule has 18 heavy (non-hydrogen) atoms. The third-order valence-corrected chi connectivity index (χ3v) is 2.49. The molecule has 0 unspecified atom stereocenters. The van der Waals surface area contributed by atoms with Crippen LogP contribution in [0, 0.1) is 6.92 Å². The average molecular weight is 276 g/mol. The number of unbranched alkanes of at least 4 members (excludes halogenated alkanes) is 3. The highest BCUT2D eigenvalue weighted by atomic mass is 35.5. The predicted molar refractivity (Wildman–Crippen MR) is 72.5 cm³/mol. The largest absolute Gasteiger partial charge is 0.359 e. The Labute approximate surface area is 114 Å². The number of amides is 1. The smallest absolute Gasteiger partial charge is 0.220 e. The van der Waals surface area contributed by atoms with Crippen LogP contribution in [-0.2, 0) is 11.3 Å². The van der Waals surface area contributed by atoms with E-state index in [0.717, 1.165) is 37.9 Å². The lowest BCUT2D eigenvalue weighted by Gasteiger charge is -2.02. The molecule has 3 N–H and O–H groups in total. The zero-order valence-corrected chi connectivity index (χ0v) is 11.6. The highest BCUT2D eigenvalue weighted by Gasteiger charge is 2.04. The van der Waals surface area contributed by atoms with Crippen LogP contribution in [0.2, 0.25) is 0 Å². The molecule has 104 valence electrons. The fraction of sp³-hybridized carbons (Fsp3) is 0.667. The van der Waals surface area contributed by atoms with Gasteiger partial charge in [0.25, 0.3) is 0 Å². The van der Waals surface area contributed by atoms with Crippen LogP contribution in [0.4, 0.5) is 0 Å². The molecule has 5 nitrogen and oxygen atoms in total. The lowest BCUT2D eigenvalue weighted by Crippen LogP contribution is -2.22. The number of hydrogen-bond acceptors (Lipinski definition) is 4. The number of nitrogens with zero attached hydrogens (tertiary/aromatic N) is 1. The van der Waals surface area contributed by atoms with Crippen molar-refractivity contribution < 1.29 is 9.32 Å². The first-order chi connectivity index (χ1) is 8.22. The van der Waals surface area contributed by atoms with Crippen molar-refractivity contribution in [3.05, 3.63) is 17.5 Å². The van der Waals surface area contributed by atoms with Gasteiger partial charge in [0.15, 0.2) is 5.76 Å². The zero-order chi connectivity index (χ0) is 12.5. The van der Waals surface area contributed by atoms with E-state index in [-0.39, 0.29) is 18.3 Å². The minimum absolute atomic E-state index is 0. The number of hydrogen-bond donors (Lipinski definition) is 2. The van der Waals surface area contributed by atoms with Gasteiger partial charge in [0.2, 0.25) is 5.91 Å². The van der Waals surface area contributed by atoms with Crippen LogP contribution in [0.1, 0.15) is 43.6 Å². The van der Waals surface area contributed by atoms with Crippen molar-refractivity contribution in [1.82, 2.24) is 10.5 Å². The molecule has 0 aliphatic heterocycles. The number of nitrogens with two attached hydrogens (primary N) is 1. The summed E-state index contributed by atoms with van der Waals surface area (Å²) in [6, 6.07) is 1.82. The lowest BCUT2D eigenvalue weighted by molar-refractivity contribution is -0.121. The van der Waals surface area contributed by atoms with Gasteiger partial charge >= 0.3 is 0 Å². The van der Waals surface area contributed by atoms with Gasteiger partial charge in [-0.15, -0.1) is 12.4 Å². The molecule has 0 atom stereocenters. The van der Waals surface area contributed by atoms with Gasteiger partial charge in [0, 0.05) is 12.5 Å². The summed E-state index contributed by atoms with van der Waals surface area (Å²) in [6.07, 6.45) is 4.69. The van der Waals surface area contributed by atoms with Crippen LogP contribution in [0.3, 0.4) is 0 Å². The third-order valence-electron chi connectivity index (χ3n) is 2.49. The predicted octanol–water partition coefficient (Wildman–Crippen LogP) is 1.93. The van der Waals surface area contributed by atoms with E-state index in [1.807, 2.05) is 13.0 Å². The Bertz CT molecular complexity index is 342. The van der Waals surface area contributed by atoms with Crippen LogP contribution < -0.4 is 11.1 Å². The number of aryl methyl sites for hydroxylation is 1. The van der Waals surface area contributed by atoms with Crippen molar-refractivity contribution in [3.8, 4) is 0 Å². The van der Waals surface area contributed by atoms with Crippen LogP contribution in [0.25, 0.3) is 0 Å². The fourth-order valence-corrected chi connectivity index (χ4v) is 1.56. The molecule has 0 fully saturated rings. The Morgan fingerprint density at radius 3 is 2.72 bits per heavy atom. The molecule has 1 aromatic heterocycles. The molecule has 0 bridgehead atoms. The van der Waals surface area contributed by atoms with Gasteiger partial charge in [-0.05, 0) is 26.3 Å². The van der Waals surface area contributed by atoms with Gasteiger partial charge in [-0.1, -0.05) is 18.0 Å². The molecule has 0 saturated heterocycles. The Hall–Kier alpha value is -1.07. The number of rotatable bonds is 8. The lowest BCUT2D eigenvalue weighted by atomic mass is 10.1. The average Bonchev–Trinajstić information content (AvgIpc) is 2.72. The van der Waals surface area contributed by atoms with Crippen molar-refractivity contribution in [2.75, 3.05) is 6.54 Å². The van der Waals surface area contributed by atoms with E-state index in [2.05, 4.69) is 10.5 Å². The van der Waals surface area contributed by atoms with Gasteiger partial charge in [-0.2, -0.15) is 0 Å². The van der Waals surface area contributed by atoms with Crippen molar-refractivity contribution >= 4 is 18.3 Å². The first kappa shape index (κ1) is 16.9. The van der Waals surface area contributed by atoms with E-state index in [4.69, 9.17) is 10.3 Å². The van der Waals surface area contributed by atoms with Crippen molar-refractivity contribution in [2.45, 2.75) is 45.6 Å². The topological polar surface area (TPSA) is 81.2 Å². The minimum atomic E-state index is 0. The van der Waals surface area contributed by atoms with Gasteiger partial charge in [0.05, 0.1) is 12.2 Å². The number of nitrogens with one attached hydrogen (secondary N) is 1. The normalized spacial score (nSPS) is 9.89. The molecule has 0 radical (unpaired) electrons. The highest BCUT2D eigenvalue weighted by molar-refractivity contribution is 5.85. The summed E-state index contributed by atoms with van der Waals surface area (Å²) in [5.74, 6) is 0.755. The Morgan fingerprint density at radius 1 is 1.39 bits per heavy atom. The second-order valence-electron chi connectivity index (χ2n) is 4.16. The van der Waals surface area contributed by atoms with E-state index >= 15 is 0 Å². The Kier molecular flexibility index (Phi) is 9.32. The van der Waals surface area contributed by atoms with E-state index in [0.29, 0.717) is 18.7 Å². The van der Waals surface area contributed by atoms with Gasteiger partial charge in [-0.3, -0.25) is 4.79 Å². The van der Waals surface area contributed by atoms with Crippen molar-refractivity contribution in [2.24, 2.45) is 5.73 Å². The second-order valence-corrected chi connectivity index (χ2v) is 4.16. The maximum atomic E-state index is 11.5. The molecular formula is C12H22ClN3O2. The second kappa shape index (κ2) is 9.91. The number of carbonyl (C=O) groups excluding carboxylic acids is 1. The van der Waals surface area contributed by atoms with Crippen molar-refractivity contribution in [3.63, 3.8) is 0 Å². The number of aromatic nitrogens is 1. The number of carbonyl (C=O) groups is 1. The summed E-state index contributed by atoms with van der Waals surface area (Å²) in [4.78, 5) is 11.5. The van der Waals surface area contributed by atoms with Crippen LogP contribution in [0.5, 0.6) is 0 Å². The Morgan fingerprint density at radius 2 is 2.11 bits per heavy atom. The molecule has 0 aliphatic rings. The fourth-order valence-electron chi connectivity index (χ4n) is 1.56. The van der Waals surface area contributed by atoms with Gasteiger partial charge < -0.3 is 15.6 Å². The van der Waals surface area contributed by atoms with Gasteiger partial charge in [0.1, 0.15) is 0 Å². The molecule has 0 saturated carbocycles. The van der Waals surface area contributed by atoms with E-state index in [1.54, 1.807) is 0 Å². The molecule has 1 aromatic rings. The van der Waals surface area contributed by atoms with Gasteiger partial charge in [-0.25, -0.2) is 0 Å². The van der Waals surface area contributed by atoms with Crippen molar-refractivity contribution in [1.29, 1.82) is 0 Å². The molecule has 1 rings (SSSR count). The summed E-state index contributed by atoms with van der Waals surface area (Å²) < 4.78 is 4.99. The summed E-state index contributed by atoms with van der Waals surface area (Å²) in [5, 5.41) is 6.56. The monoisotopic (exact) mass is 275 g/mol. The van der Waals surface area contributed by atoms with Crippen LogP contribution in [-0.4, -0.2) is 17.6 Å². The molecular weight excluding hydrogens is 254 g/mol. The SMILES string of the molecule is Cc1cc(CNC(=O)CCCCCCN)on1.Cl. The number of halogens is 1. The quantitative estimate of drug-likeness (QED) is 0.711. The molecule has 1 amide bonds. The highest BCUT2D eigenvalue weighted by Crippen LogP contribution is 2.04. The zero-order valence-electron chi connectivity index (χ0n) is 10.8. The molecule has 0 aliphatic carbocycles. The molecule has 1 heterocycles. The summed E-state index contributed by atoms with van der Waals surface area (Å²) in [6.45, 7) is 3.01. The molecule has 0 spiro atoms. The van der Waals surface area contributed by atoms with E-state index in [1.165, 1.54) is 0 Å². The maximum Gasteiger partial charge on any atom is 0.220 e. The van der Waals surface area contributed by atoms with Crippen LogP contribution in [0.15, 0.2) is 10.6 Å². The summed E-state index contributed by atoms with van der Waals surface area (Å²) >= 11 is 0. The molecule has 6 heteroatoms. The van der Waals surface area contributed by atoms with Crippen LogP contribution >= 0.6 is 12.4 Å². The Balaban J connectivity index is 0.00000289. The third kappa shape index (κ3) is 7.29.